The van der Waals surface area contributed by atoms with Crippen LogP contribution in [0.15, 0.2) is 53.9 Å². The van der Waals surface area contributed by atoms with Crippen LogP contribution in [0.4, 0.5) is 4.39 Å². The first-order chi connectivity index (χ1) is 14.7. The summed E-state index contributed by atoms with van der Waals surface area (Å²) in [6.45, 7) is 0.394. The molecule has 1 saturated heterocycles. The van der Waals surface area contributed by atoms with E-state index in [1.165, 1.54) is 47.0 Å². The van der Waals surface area contributed by atoms with Gasteiger partial charge in [-0.2, -0.15) is 0 Å². The lowest BCUT2D eigenvalue weighted by Crippen LogP contribution is -2.06. The topological polar surface area (TPSA) is 48.4 Å². The van der Waals surface area contributed by atoms with Gasteiger partial charge in [-0.05, 0) is 59.9 Å². The van der Waals surface area contributed by atoms with Gasteiger partial charge in [0.25, 0.3) is 0 Å². The molecule has 0 atom stereocenters. The molecule has 0 aliphatic carbocycles. The summed E-state index contributed by atoms with van der Waals surface area (Å²) in [5, 5.41) is 2.61. The van der Waals surface area contributed by atoms with E-state index in [0.717, 1.165) is 5.01 Å². The monoisotopic (exact) mass is 461 g/mol. The van der Waals surface area contributed by atoms with Gasteiger partial charge < -0.3 is 9.47 Å². The van der Waals surface area contributed by atoms with E-state index in [0.29, 0.717) is 21.6 Å². The number of carbonyl (C=O) groups excluding carboxylic acids is 1. The maximum atomic E-state index is 12.9. The molecule has 2 heterocycles. The molecule has 8 heteroatoms. The second-order valence-corrected chi connectivity index (χ2v) is 10.3. The zero-order chi connectivity index (χ0) is 20.8. The largest absolute Gasteiger partial charge is 0.486 e. The lowest BCUT2D eigenvalue weighted by Gasteiger charge is -2.21. The number of hydrogen-bond acceptors (Lipinski definition) is 7. The number of hydrogen-bond donors (Lipinski definition) is 0. The van der Waals surface area contributed by atoms with Crippen molar-refractivity contribution >= 4 is 40.8 Å². The number of ether oxygens (including phenoxy) is 2. The first-order valence-electron chi connectivity index (χ1n) is 9.49. The highest BCUT2D eigenvalue weighted by molar-refractivity contribution is 8.16. The summed E-state index contributed by atoms with van der Waals surface area (Å²) in [6.07, 6.45) is 1.26. The minimum atomic E-state index is -0.359. The van der Waals surface area contributed by atoms with Crippen LogP contribution < -0.4 is 4.74 Å². The molecule has 0 spiro atoms. The van der Waals surface area contributed by atoms with Crippen LogP contribution in [0, 0.1) is 5.82 Å². The van der Waals surface area contributed by atoms with Gasteiger partial charge in [0.05, 0.1) is 15.8 Å². The van der Waals surface area contributed by atoms with Crippen molar-refractivity contribution in [1.29, 1.82) is 0 Å². The Balaban J connectivity index is 1.26. The number of aromatic nitrogens is 1. The average molecular weight is 462 g/mol. The molecule has 1 aliphatic heterocycles. The molecule has 0 bridgehead atoms. The lowest BCUT2D eigenvalue weighted by atomic mass is 10.1. The lowest BCUT2D eigenvalue weighted by molar-refractivity contribution is 0.0468. The molecule has 0 unspecified atom stereocenters. The maximum Gasteiger partial charge on any atom is 0.338 e. The van der Waals surface area contributed by atoms with Gasteiger partial charge in [-0.25, -0.2) is 14.2 Å². The standard InChI is InChI=1S/C22H20FNO3S3/c23-17-6-8-19(9-7-17)26-13-20-24-18(14-30-20)12-27-21(25)15-2-4-16(5-3-15)22-28-10-1-11-29-22/h2-9,14,22H,1,10-13H2. The molecule has 4 rings (SSSR count). The van der Waals surface area contributed by atoms with Crippen LogP contribution in [-0.4, -0.2) is 22.5 Å². The van der Waals surface area contributed by atoms with Crippen molar-refractivity contribution in [2.24, 2.45) is 0 Å². The first kappa shape index (κ1) is 21.2. The van der Waals surface area contributed by atoms with Crippen molar-refractivity contribution in [2.45, 2.75) is 24.2 Å². The van der Waals surface area contributed by atoms with Gasteiger partial charge in [-0.3, -0.25) is 0 Å². The summed E-state index contributed by atoms with van der Waals surface area (Å²) >= 11 is 5.34. The van der Waals surface area contributed by atoms with E-state index in [2.05, 4.69) is 4.98 Å². The Morgan fingerprint density at radius 1 is 1.03 bits per heavy atom. The SMILES string of the molecule is O=C(OCc1csc(COc2ccc(F)cc2)n1)c1ccc(C2SCCCS2)cc1. The number of thioether (sulfide) groups is 2. The smallest absolute Gasteiger partial charge is 0.338 e. The van der Waals surface area contributed by atoms with E-state index in [1.807, 2.05) is 53.2 Å². The molecule has 156 valence electrons. The fraction of sp³-hybridized carbons (Fsp3) is 0.273. The number of rotatable bonds is 7. The highest BCUT2D eigenvalue weighted by atomic mass is 32.2. The highest BCUT2D eigenvalue weighted by Crippen LogP contribution is 2.43. The number of thiazole rings is 1. The molecule has 1 aromatic heterocycles. The number of halogens is 1. The van der Waals surface area contributed by atoms with E-state index in [1.54, 1.807) is 12.1 Å². The second-order valence-electron chi connectivity index (χ2n) is 6.60. The van der Waals surface area contributed by atoms with Crippen LogP contribution in [0.1, 0.15) is 37.6 Å². The molecular formula is C22H20FNO3S3. The van der Waals surface area contributed by atoms with Gasteiger partial charge in [0.15, 0.2) is 0 Å². The van der Waals surface area contributed by atoms with Crippen LogP contribution in [0.3, 0.4) is 0 Å². The predicted octanol–water partition coefficient (Wildman–Crippen LogP) is 6.09. The van der Waals surface area contributed by atoms with Gasteiger partial charge in [-0.1, -0.05) is 12.1 Å². The van der Waals surface area contributed by atoms with Gasteiger partial charge in [0, 0.05) is 5.38 Å². The van der Waals surface area contributed by atoms with Gasteiger partial charge in [0.2, 0.25) is 0 Å². The van der Waals surface area contributed by atoms with E-state index < -0.39 is 0 Å². The predicted molar refractivity (Wildman–Crippen MR) is 121 cm³/mol. The summed E-state index contributed by atoms with van der Waals surface area (Å²) in [4.78, 5) is 16.8. The molecule has 0 radical (unpaired) electrons. The summed E-state index contributed by atoms with van der Waals surface area (Å²) in [5.41, 5.74) is 2.46. The van der Waals surface area contributed by atoms with Crippen molar-refractivity contribution < 1.29 is 18.7 Å². The minimum absolute atomic E-state index is 0.113. The third kappa shape index (κ3) is 5.77. The molecule has 30 heavy (non-hydrogen) atoms. The van der Waals surface area contributed by atoms with Crippen LogP contribution in [0.2, 0.25) is 0 Å². The van der Waals surface area contributed by atoms with Crippen molar-refractivity contribution in [1.82, 2.24) is 4.98 Å². The number of nitrogens with zero attached hydrogens (tertiary/aromatic N) is 1. The fourth-order valence-corrected chi connectivity index (χ4v) is 6.42. The van der Waals surface area contributed by atoms with E-state index in [-0.39, 0.29) is 25.0 Å². The van der Waals surface area contributed by atoms with E-state index >= 15 is 0 Å². The Morgan fingerprint density at radius 2 is 1.77 bits per heavy atom. The molecular weight excluding hydrogens is 441 g/mol. The summed E-state index contributed by atoms with van der Waals surface area (Å²) < 4.78 is 24.4. The Kier molecular flexibility index (Phi) is 7.30. The zero-order valence-corrected chi connectivity index (χ0v) is 18.5. The molecule has 0 saturated carbocycles. The van der Waals surface area contributed by atoms with Gasteiger partial charge in [0.1, 0.15) is 29.8 Å². The summed E-state index contributed by atoms with van der Waals surface area (Å²) in [6, 6.07) is 13.5. The summed E-state index contributed by atoms with van der Waals surface area (Å²) in [5.74, 6) is 2.29. The molecule has 0 amide bonds. The van der Waals surface area contributed by atoms with Gasteiger partial charge >= 0.3 is 5.97 Å². The van der Waals surface area contributed by atoms with Crippen molar-refractivity contribution in [3.63, 3.8) is 0 Å². The fourth-order valence-electron chi connectivity index (χ4n) is 2.84. The van der Waals surface area contributed by atoms with Crippen LogP contribution in [-0.2, 0) is 18.0 Å². The third-order valence-electron chi connectivity index (χ3n) is 4.37. The summed E-state index contributed by atoms with van der Waals surface area (Å²) in [7, 11) is 0. The number of carbonyl (C=O) groups is 1. The second kappa shape index (κ2) is 10.3. The van der Waals surface area contributed by atoms with Crippen molar-refractivity contribution in [2.75, 3.05) is 11.5 Å². The quantitative estimate of drug-likeness (QED) is 0.397. The Bertz CT molecular complexity index is 970. The Morgan fingerprint density at radius 3 is 2.50 bits per heavy atom. The van der Waals surface area contributed by atoms with E-state index in [9.17, 15) is 9.18 Å². The molecule has 1 fully saturated rings. The van der Waals surface area contributed by atoms with E-state index in [4.69, 9.17) is 9.47 Å². The Labute approximate surface area is 187 Å². The van der Waals surface area contributed by atoms with Crippen molar-refractivity contribution in [3.05, 3.63) is 81.6 Å². The third-order valence-corrected chi connectivity index (χ3v) is 8.26. The van der Waals surface area contributed by atoms with Crippen LogP contribution in [0.5, 0.6) is 5.75 Å². The van der Waals surface area contributed by atoms with Crippen molar-refractivity contribution in [3.8, 4) is 5.75 Å². The first-order valence-corrected chi connectivity index (χ1v) is 12.5. The molecule has 2 aromatic carbocycles. The highest BCUT2D eigenvalue weighted by Gasteiger charge is 2.17. The molecule has 1 aliphatic rings. The molecule has 0 N–H and O–H groups in total. The van der Waals surface area contributed by atoms with Crippen LogP contribution in [0.25, 0.3) is 0 Å². The van der Waals surface area contributed by atoms with Crippen LogP contribution >= 0.6 is 34.9 Å². The minimum Gasteiger partial charge on any atom is -0.486 e. The molecule has 4 nitrogen and oxygen atoms in total. The zero-order valence-electron chi connectivity index (χ0n) is 16.1. The molecule has 3 aromatic rings. The Hall–Kier alpha value is -2.03. The average Bonchev–Trinajstić information content (AvgIpc) is 3.26. The normalized spacial score (nSPS) is 14.4. The number of esters is 1. The number of benzene rings is 2. The maximum absolute atomic E-state index is 12.9. The van der Waals surface area contributed by atoms with Gasteiger partial charge in [-0.15, -0.1) is 34.9 Å².